The monoisotopic (exact) mass is 255 g/mol. The van der Waals surface area contributed by atoms with Gasteiger partial charge in [0.05, 0.1) is 30.5 Å². The van der Waals surface area contributed by atoms with E-state index in [1.807, 2.05) is 6.07 Å². The van der Waals surface area contributed by atoms with Crippen molar-refractivity contribution in [2.75, 3.05) is 37.4 Å². The van der Waals surface area contributed by atoms with E-state index >= 15 is 0 Å². The average Bonchev–Trinajstić information content (AvgIpc) is 2.35. The van der Waals surface area contributed by atoms with Gasteiger partial charge in [-0.1, -0.05) is 0 Å². The van der Waals surface area contributed by atoms with Crippen LogP contribution in [0.5, 0.6) is 0 Å². The van der Waals surface area contributed by atoms with Gasteiger partial charge in [0, 0.05) is 32.3 Å². The Hall–Kier alpha value is -1.87. The number of anilines is 2. The predicted molar refractivity (Wildman–Crippen MR) is 65.1 cm³/mol. The standard InChI is InChI=1S/C12H15F2N3O/c1-18-6-5-17(4-2-3-15)12-8-10(14)9(13)7-11(12)16/h7-8H,2,4-6,16H2,1H3. The minimum atomic E-state index is -0.983. The van der Waals surface area contributed by atoms with Crippen LogP contribution in [0.1, 0.15) is 6.42 Å². The minimum Gasteiger partial charge on any atom is -0.397 e. The van der Waals surface area contributed by atoms with Crippen molar-refractivity contribution in [1.29, 1.82) is 5.26 Å². The fourth-order valence-electron chi connectivity index (χ4n) is 1.56. The highest BCUT2D eigenvalue weighted by Gasteiger charge is 2.13. The maximum absolute atomic E-state index is 13.2. The number of methoxy groups -OCH3 is 1. The second-order valence-electron chi connectivity index (χ2n) is 3.71. The predicted octanol–water partition coefficient (Wildman–Crippen LogP) is 1.91. The molecule has 0 aliphatic heterocycles. The van der Waals surface area contributed by atoms with E-state index in [0.29, 0.717) is 25.4 Å². The van der Waals surface area contributed by atoms with Gasteiger partial charge in [-0.2, -0.15) is 5.26 Å². The molecule has 18 heavy (non-hydrogen) atoms. The number of nitrogens with zero attached hydrogens (tertiary/aromatic N) is 2. The summed E-state index contributed by atoms with van der Waals surface area (Å²) in [6, 6.07) is 3.98. The molecule has 1 aromatic rings. The lowest BCUT2D eigenvalue weighted by molar-refractivity contribution is 0.205. The molecule has 0 aromatic heterocycles. The molecule has 0 heterocycles. The molecule has 0 saturated carbocycles. The van der Waals surface area contributed by atoms with Crippen molar-refractivity contribution in [2.24, 2.45) is 0 Å². The maximum atomic E-state index is 13.2. The van der Waals surface area contributed by atoms with Gasteiger partial charge < -0.3 is 15.4 Å². The summed E-state index contributed by atoms with van der Waals surface area (Å²) in [5, 5.41) is 8.58. The summed E-state index contributed by atoms with van der Waals surface area (Å²) in [5.74, 6) is -1.94. The first-order valence-corrected chi connectivity index (χ1v) is 5.45. The summed E-state index contributed by atoms with van der Waals surface area (Å²) >= 11 is 0. The summed E-state index contributed by atoms with van der Waals surface area (Å²) in [5.41, 5.74) is 6.18. The van der Waals surface area contributed by atoms with Gasteiger partial charge >= 0.3 is 0 Å². The van der Waals surface area contributed by atoms with Gasteiger partial charge in [0.2, 0.25) is 0 Å². The molecule has 0 amide bonds. The second kappa shape index (κ2) is 6.77. The van der Waals surface area contributed by atoms with E-state index in [4.69, 9.17) is 15.7 Å². The number of nitriles is 1. The van der Waals surface area contributed by atoms with Crippen LogP contribution in [-0.4, -0.2) is 26.8 Å². The Morgan fingerprint density at radius 1 is 1.33 bits per heavy atom. The van der Waals surface area contributed by atoms with Crippen LogP contribution in [0.4, 0.5) is 20.2 Å². The molecule has 1 rings (SSSR count). The SMILES string of the molecule is COCCN(CCC#N)c1cc(F)c(F)cc1N. The highest BCUT2D eigenvalue weighted by molar-refractivity contribution is 5.67. The number of nitrogens with two attached hydrogens (primary N) is 1. The number of hydrogen-bond donors (Lipinski definition) is 1. The van der Waals surface area contributed by atoms with Crippen molar-refractivity contribution in [2.45, 2.75) is 6.42 Å². The Balaban J connectivity index is 2.96. The highest BCUT2D eigenvalue weighted by Crippen LogP contribution is 2.26. The Kier molecular flexibility index (Phi) is 5.33. The van der Waals surface area contributed by atoms with Crippen molar-refractivity contribution in [3.8, 4) is 6.07 Å². The normalized spacial score (nSPS) is 10.1. The summed E-state index contributed by atoms with van der Waals surface area (Å²) in [6.07, 6.45) is 0.266. The van der Waals surface area contributed by atoms with E-state index in [9.17, 15) is 8.78 Å². The summed E-state index contributed by atoms with van der Waals surface area (Å²) in [4.78, 5) is 1.70. The highest BCUT2D eigenvalue weighted by atomic mass is 19.2. The van der Waals surface area contributed by atoms with Gasteiger partial charge in [-0.25, -0.2) is 8.78 Å². The van der Waals surface area contributed by atoms with Crippen LogP contribution >= 0.6 is 0 Å². The maximum Gasteiger partial charge on any atom is 0.161 e. The van der Waals surface area contributed by atoms with E-state index in [1.54, 1.807) is 4.90 Å². The second-order valence-corrected chi connectivity index (χ2v) is 3.71. The quantitative estimate of drug-likeness (QED) is 0.789. The smallest absolute Gasteiger partial charge is 0.161 e. The number of halogens is 2. The summed E-state index contributed by atoms with van der Waals surface area (Å²) in [7, 11) is 1.54. The lowest BCUT2D eigenvalue weighted by atomic mass is 10.2. The van der Waals surface area contributed by atoms with Crippen LogP contribution in [0.3, 0.4) is 0 Å². The van der Waals surface area contributed by atoms with Crippen LogP contribution in [0.25, 0.3) is 0 Å². The topological polar surface area (TPSA) is 62.3 Å². The van der Waals surface area contributed by atoms with Gasteiger partial charge in [-0.15, -0.1) is 0 Å². The van der Waals surface area contributed by atoms with Crippen molar-refractivity contribution in [3.05, 3.63) is 23.8 Å². The third-order valence-electron chi connectivity index (χ3n) is 2.47. The van der Waals surface area contributed by atoms with Crippen LogP contribution in [0.2, 0.25) is 0 Å². The first-order chi connectivity index (χ1) is 8.60. The molecular formula is C12H15F2N3O. The van der Waals surface area contributed by atoms with Crippen LogP contribution in [0, 0.1) is 23.0 Å². The molecule has 2 N–H and O–H groups in total. The van der Waals surface area contributed by atoms with Gasteiger partial charge in [-0.3, -0.25) is 0 Å². The summed E-state index contributed by atoms with van der Waals surface area (Å²) < 4.78 is 31.1. The van der Waals surface area contributed by atoms with Crippen LogP contribution in [-0.2, 0) is 4.74 Å². The number of nitrogen functional groups attached to an aromatic ring is 1. The van der Waals surface area contributed by atoms with Crippen molar-refractivity contribution >= 4 is 11.4 Å². The number of hydrogen-bond acceptors (Lipinski definition) is 4. The first kappa shape index (κ1) is 14.2. The lowest BCUT2D eigenvalue weighted by Gasteiger charge is -2.25. The van der Waals surface area contributed by atoms with Crippen molar-refractivity contribution in [1.82, 2.24) is 0 Å². The minimum absolute atomic E-state index is 0.142. The van der Waals surface area contributed by atoms with Gasteiger partial charge in [0.25, 0.3) is 0 Å². The third kappa shape index (κ3) is 3.57. The molecular weight excluding hydrogens is 240 g/mol. The van der Waals surface area contributed by atoms with Gasteiger partial charge in [-0.05, 0) is 0 Å². The zero-order valence-corrected chi connectivity index (χ0v) is 10.1. The van der Waals surface area contributed by atoms with Crippen LogP contribution < -0.4 is 10.6 Å². The third-order valence-corrected chi connectivity index (χ3v) is 2.47. The fraction of sp³-hybridized carbons (Fsp3) is 0.417. The van der Waals surface area contributed by atoms with Gasteiger partial charge in [0.15, 0.2) is 11.6 Å². The summed E-state index contributed by atoms with van der Waals surface area (Å²) in [6.45, 7) is 1.24. The van der Waals surface area contributed by atoms with E-state index in [1.165, 1.54) is 7.11 Å². The van der Waals surface area contributed by atoms with Gasteiger partial charge in [0.1, 0.15) is 0 Å². The van der Waals surface area contributed by atoms with Crippen molar-refractivity contribution < 1.29 is 13.5 Å². The average molecular weight is 255 g/mol. The zero-order chi connectivity index (χ0) is 13.5. The molecule has 6 heteroatoms. The molecule has 98 valence electrons. The van der Waals surface area contributed by atoms with E-state index in [-0.39, 0.29) is 12.1 Å². The molecule has 0 aliphatic carbocycles. The van der Waals surface area contributed by atoms with E-state index < -0.39 is 11.6 Å². The molecule has 0 atom stereocenters. The fourth-order valence-corrected chi connectivity index (χ4v) is 1.56. The molecule has 0 bridgehead atoms. The van der Waals surface area contributed by atoms with E-state index in [2.05, 4.69) is 0 Å². The largest absolute Gasteiger partial charge is 0.397 e. The molecule has 0 fully saturated rings. The number of benzene rings is 1. The number of rotatable bonds is 6. The van der Waals surface area contributed by atoms with Crippen molar-refractivity contribution in [3.63, 3.8) is 0 Å². The molecule has 4 nitrogen and oxygen atoms in total. The molecule has 0 spiro atoms. The number of ether oxygens (including phenoxy) is 1. The first-order valence-electron chi connectivity index (χ1n) is 5.45. The Bertz CT molecular complexity index is 446. The Morgan fingerprint density at radius 3 is 2.61 bits per heavy atom. The van der Waals surface area contributed by atoms with Crippen LogP contribution in [0.15, 0.2) is 12.1 Å². The molecule has 0 radical (unpaired) electrons. The Morgan fingerprint density at radius 2 is 2.00 bits per heavy atom. The zero-order valence-electron chi connectivity index (χ0n) is 10.1. The molecule has 1 aromatic carbocycles. The molecule has 0 unspecified atom stereocenters. The van der Waals surface area contributed by atoms with E-state index in [0.717, 1.165) is 12.1 Å². The molecule has 0 saturated heterocycles. The molecule has 0 aliphatic rings. The lowest BCUT2D eigenvalue weighted by Crippen LogP contribution is -2.29. The Labute approximate surface area is 105 Å².